The van der Waals surface area contributed by atoms with Crippen molar-refractivity contribution in [2.75, 3.05) is 23.7 Å². The van der Waals surface area contributed by atoms with Crippen molar-refractivity contribution >= 4 is 23.2 Å². The van der Waals surface area contributed by atoms with Crippen molar-refractivity contribution < 1.29 is 9.59 Å². The summed E-state index contributed by atoms with van der Waals surface area (Å²) in [6.07, 6.45) is 3.28. The lowest BCUT2D eigenvalue weighted by atomic mass is 9.84. The molecule has 0 unspecified atom stereocenters. The molecule has 2 aromatic rings. The summed E-state index contributed by atoms with van der Waals surface area (Å²) in [6.45, 7) is 8.07. The number of nitrogens with zero attached hydrogens (tertiary/aromatic N) is 2. The van der Waals surface area contributed by atoms with Crippen molar-refractivity contribution in [3.8, 4) is 0 Å². The van der Waals surface area contributed by atoms with Gasteiger partial charge in [-0.2, -0.15) is 0 Å². The number of nitrogens with one attached hydrogen (secondary N) is 2. The second-order valence-corrected chi connectivity index (χ2v) is 5.19. The first-order valence-electron chi connectivity index (χ1n) is 7.47. The smallest absolute Gasteiger partial charge is 0.198 e. The van der Waals surface area contributed by atoms with E-state index in [-0.39, 0.29) is 34.3 Å². The first kappa shape index (κ1) is 15.6. The second kappa shape index (κ2) is 6.45. The molecule has 0 saturated carbocycles. The van der Waals surface area contributed by atoms with Crippen LogP contribution in [0.15, 0.2) is 49.6 Å². The molecule has 0 atom stereocenters. The highest BCUT2D eigenvalue weighted by molar-refractivity contribution is 6.31. The Kier molecular flexibility index (Phi) is 4.20. The fraction of sp³-hybridized carbons (Fsp3) is 0.111. The number of ketones is 2. The van der Waals surface area contributed by atoms with Crippen molar-refractivity contribution in [3.63, 3.8) is 0 Å². The SMILES string of the molecule is C=CCNc1nnc(NCC=C)c2c1C(=O)c1ccccc1C2=O. The van der Waals surface area contributed by atoms with Gasteiger partial charge in [-0.3, -0.25) is 9.59 Å². The van der Waals surface area contributed by atoms with Crippen LogP contribution in [0.2, 0.25) is 0 Å². The summed E-state index contributed by atoms with van der Waals surface area (Å²) in [6, 6.07) is 6.76. The van der Waals surface area contributed by atoms with E-state index in [1.54, 1.807) is 36.4 Å². The molecular formula is C18H16N4O2. The molecule has 1 heterocycles. The number of aromatic nitrogens is 2. The number of hydrogen-bond donors (Lipinski definition) is 2. The average Bonchev–Trinajstić information content (AvgIpc) is 2.62. The number of carbonyl (C=O) groups excluding carboxylic acids is 2. The third-order valence-electron chi connectivity index (χ3n) is 3.67. The maximum Gasteiger partial charge on any atom is 0.198 e. The van der Waals surface area contributed by atoms with Crippen molar-refractivity contribution in [2.45, 2.75) is 0 Å². The average molecular weight is 320 g/mol. The minimum absolute atomic E-state index is 0.238. The molecule has 6 heteroatoms. The van der Waals surface area contributed by atoms with Crippen LogP contribution in [-0.4, -0.2) is 34.9 Å². The summed E-state index contributed by atoms with van der Waals surface area (Å²) in [4.78, 5) is 25.9. The van der Waals surface area contributed by atoms with Gasteiger partial charge in [-0.1, -0.05) is 36.4 Å². The van der Waals surface area contributed by atoms with Crippen molar-refractivity contribution in [3.05, 3.63) is 71.8 Å². The second-order valence-electron chi connectivity index (χ2n) is 5.19. The van der Waals surface area contributed by atoms with E-state index in [0.717, 1.165) is 0 Å². The molecule has 0 saturated heterocycles. The topological polar surface area (TPSA) is 84.0 Å². The van der Waals surface area contributed by atoms with Gasteiger partial charge in [0.25, 0.3) is 0 Å². The Morgan fingerprint density at radius 1 is 0.833 bits per heavy atom. The first-order chi connectivity index (χ1) is 11.7. The van der Waals surface area contributed by atoms with Crippen LogP contribution in [0.3, 0.4) is 0 Å². The fourth-order valence-electron chi connectivity index (χ4n) is 2.61. The van der Waals surface area contributed by atoms with Gasteiger partial charge in [0.2, 0.25) is 0 Å². The van der Waals surface area contributed by atoms with Crippen molar-refractivity contribution in [1.29, 1.82) is 0 Å². The lowest BCUT2D eigenvalue weighted by Crippen LogP contribution is -2.26. The van der Waals surface area contributed by atoms with Crippen molar-refractivity contribution in [2.24, 2.45) is 0 Å². The highest BCUT2D eigenvalue weighted by Gasteiger charge is 2.35. The molecule has 0 amide bonds. The molecule has 24 heavy (non-hydrogen) atoms. The molecule has 1 aromatic carbocycles. The molecule has 1 aliphatic carbocycles. The quantitative estimate of drug-likeness (QED) is 0.679. The minimum atomic E-state index is -0.247. The summed E-state index contributed by atoms with van der Waals surface area (Å²) in [5, 5.41) is 14.1. The highest BCUT2D eigenvalue weighted by Crippen LogP contribution is 2.33. The predicted molar refractivity (Wildman–Crippen MR) is 92.7 cm³/mol. The van der Waals surface area contributed by atoms with E-state index in [1.165, 1.54) is 0 Å². The van der Waals surface area contributed by atoms with Crippen LogP contribution in [0.4, 0.5) is 11.6 Å². The van der Waals surface area contributed by atoms with Gasteiger partial charge in [-0.05, 0) is 0 Å². The van der Waals surface area contributed by atoms with E-state index in [1.807, 2.05) is 0 Å². The van der Waals surface area contributed by atoms with E-state index in [4.69, 9.17) is 0 Å². The fourth-order valence-corrected chi connectivity index (χ4v) is 2.61. The number of fused-ring (bicyclic) bond motifs is 2. The van der Waals surface area contributed by atoms with Gasteiger partial charge in [-0.15, -0.1) is 23.4 Å². The molecule has 0 radical (unpaired) electrons. The first-order valence-corrected chi connectivity index (χ1v) is 7.47. The molecular weight excluding hydrogens is 304 g/mol. The molecule has 2 N–H and O–H groups in total. The van der Waals surface area contributed by atoms with E-state index < -0.39 is 0 Å². The minimum Gasteiger partial charge on any atom is -0.364 e. The summed E-state index contributed by atoms with van der Waals surface area (Å²) < 4.78 is 0. The summed E-state index contributed by atoms with van der Waals surface area (Å²) >= 11 is 0. The Balaban J connectivity index is 2.21. The third-order valence-corrected chi connectivity index (χ3v) is 3.67. The maximum absolute atomic E-state index is 12.9. The van der Waals surface area contributed by atoms with Crippen LogP contribution in [0.5, 0.6) is 0 Å². The van der Waals surface area contributed by atoms with Crippen LogP contribution in [0.1, 0.15) is 31.8 Å². The lowest BCUT2D eigenvalue weighted by molar-refractivity contribution is 0.0979. The van der Waals surface area contributed by atoms with E-state index >= 15 is 0 Å². The zero-order valence-corrected chi connectivity index (χ0v) is 13.0. The largest absolute Gasteiger partial charge is 0.364 e. The van der Waals surface area contributed by atoms with Gasteiger partial charge >= 0.3 is 0 Å². The number of hydrogen-bond acceptors (Lipinski definition) is 6. The Morgan fingerprint density at radius 2 is 1.25 bits per heavy atom. The Bertz CT molecular complexity index is 788. The predicted octanol–water partition coefficient (Wildman–Crippen LogP) is 2.45. The van der Waals surface area contributed by atoms with Gasteiger partial charge < -0.3 is 10.6 Å². The number of rotatable bonds is 6. The molecule has 1 aromatic heterocycles. The van der Waals surface area contributed by atoms with Gasteiger partial charge in [0.1, 0.15) is 0 Å². The Labute approximate surface area is 139 Å². The maximum atomic E-state index is 12.9. The van der Waals surface area contributed by atoms with E-state index in [2.05, 4.69) is 34.0 Å². The van der Waals surface area contributed by atoms with E-state index in [0.29, 0.717) is 24.2 Å². The Morgan fingerprint density at radius 3 is 1.62 bits per heavy atom. The summed E-state index contributed by atoms with van der Waals surface area (Å²) in [5.41, 5.74) is 1.22. The molecule has 1 aliphatic rings. The summed E-state index contributed by atoms with van der Waals surface area (Å²) in [5.74, 6) is 0.0652. The van der Waals surface area contributed by atoms with Crippen LogP contribution in [0, 0.1) is 0 Å². The summed E-state index contributed by atoms with van der Waals surface area (Å²) in [7, 11) is 0. The molecule has 6 nitrogen and oxygen atoms in total. The number of benzene rings is 1. The molecule has 120 valence electrons. The number of carbonyl (C=O) groups is 2. The molecule has 0 fully saturated rings. The third kappa shape index (κ3) is 2.48. The standard InChI is InChI=1S/C18H16N4O2/c1-3-9-19-17-13-14(18(22-21-17)20-10-4-2)16(24)12-8-6-5-7-11(12)15(13)23/h3-8H,1-2,9-10H2,(H,19,21)(H,20,22). The van der Waals surface area contributed by atoms with Gasteiger partial charge in [0, 0.05) is 24.2 Å². The molecule has 0 spiro atoms. The molecule has 0 bridgehead atoms. The van der Waals surface area contributed by atoms with Crippen LogP contribution >= 0.6 is 0 Å². The highest BCUT2D eigenvalue weighted by atomic mass is 16.1. The van der Waals surface area contributed by atoms with Gasteiger partial charge in [0.15, 0.2) is 23.2 Å². The van der Waals surface area contributed by atoms with Crippen LogP contribution in [-0.2, 0) is 0 Å². The van der Waals surface area contributed by atoms with Gasteiger partial charge in [0.05, 0.1) is 11.1 Å². The monoisotopic (exact) mass is 320 g/mol. The lowest BCUT2D eigenvalue weighted by Gasteiger charge is -2.21. The zero-order chi connectivity index (χ0) is 17.1. The van der Waals surface area contributed by atoms with Crippen molar-refractivity contribution in [1.82, 2.24) is 10.2 Å². The van der Waals surface area contributed by atoms with E-state index in [9.17, 15) is 9.59 Å². The Hall–Kier alpha value is -3.28. The molecule has 0 aliphatic heterocycles. The molecule has 3 rings (SSSR count). The number of anilines is 2. The zero-order valence-electron chi connectivity index (χ0n) is 13.0. The van der Waals surface area contributed by atoms with Crippen LogP contribution < -0.4 is 10.6 Å². The van der Waals surface area contributed by atoms with Gasteiger partial charge in [-0.25, -0.2) is 0 Å². The normalized spacial score (nSPS) is 12.2. The van der Waals surface area contributed by atoms with Crippen LogP contribution in [0.25, 0.3) is 0 Å².